The van der Waals surface area contributed by atoms with Gasteiger partial charge in [0.25, 0.3) is 5.91 Å². The Balaban J connectivity index is 2.05. The molecule has 128 valence electrons. The van der Waals surface area contributed by atoms with Crippen molar-refractivity contribution in [2.45, 2.75) is 13.1 Å². The number of hydrogen-bond donors (Lipinski definition) is 0. The van der Waals surface area contributed by atoms with Crippen LogP contribution in [-0.4, -0.2) is 19.6 Å². The lowest BCUT2D eigenvalue weighted by atomic mass is 10.2. The average Bonchev–Trinajstić information content (AvgIpc) is 2.51. The maximum absolute atomic E-state index is 12.7. The average molecular weight is 402 g/mol. The van der Waals surface area contributed by atoms with Crippen molar-refractivity contribution in [2.24, 2.45) is 0 Å². The van der Waals surface area contributed by atoms with Crippen LogP contribution in [-0.2, 0) is 11.0 Å². The van der Waals surface area contributed by atoms with E-state index < -0.39 is 11.7 Å². The van der Waals surface area contributed by atoms with Crippen molar-refractivity contribution in [1.82, 2.24) is 0 Å². The van der Waals surface area contributed by atoms with Crippen LogP contribution in [0.5, 0.6) is 5.75 Å². The third-order valence-electron chi connectivity index (χ3n) is 3.42. The number of alkyl halides is 3. The van der Waals surface area contributed by atoms with Crippen LogP contribution in [0.1, 0.15) is 11.1 Å². The van der Waals surface area contributed by atoms with E-state index in [2.05, 4.69) is 15.9 Å². The zero-order chi connectivity index (χ0) is 17.9. The molecule has 2 aromatic carbocycles. The van der Waals surface area contributed by atoms with Gasteiger partial charge in [-0.3, -0.25) is 4.79 Å². The van der Waals surface area contributed by atoms with Crippen molar-refractivity contribution >= 4 is 27.5 Å². The smallest absolute Gasteiger partial charge is 0.416 e. The minimum absolute atomic E-state index is 0.000830. The number of halogens is 4. The maximum atomic E-state index is 12.7. The van der Waals surface area contributed by atoms with Gasteiger partial charge >= 0.3 is 6.18 Å². The highest BCUT2D eigenvalue weighted by molar-refractivity contribution is 9.10. The predicted octanol–water partition coefficient (Wildman–Crippen LogP) is 4.82. The largest absolute Gasteiger partial charge is 0.484 e. The summed E-state index contributed by atoms with van der Waals surface area (Å²) in [5.41, 5.74) is 0.777. The van der Waals surface area contributed by atoms with Gasteiger partial charge in [-0.05, 0) is 48.9 Å². The molecular weight excluding hydrogens is 387 g/mol. The lowest BCUT2D eigenvalue weighted by Crippen LogP contribution is -2.31. The summed E-state index contributed by atoms with van der Waals surface area (Å²) in [4.78, 5) is 13.6. The van der Waals surface area contributed by atoms with Crippen molar-refractivity contribution in [1.29, 1.82) is 0 Å². The molecule has 0 aliphatic rings. The summed E-state index contributed by atoms with van der Waals surface area (Å²) in [5.74, 6) is -0.364. The number of carbonyl (C=O) groups is 1. The number of amides is 1. The Morgan fingerprint density at radius 3 is 2.54 bits per heavy atom. The number of anilines is 1. The number of aryl methyl sites for hydroxylation is 1. The van der Waals surface area contributed by atoms with E-state index in [0.717, 1.165) is 22.2 Å². The van der Waals surface area contributed by atoms with Crippen LogP contribution in [0.25, 0.3) is 0 Å². The first-order chi connectivity index (χ1) is 11.2. The van der Waals surface area contributed by atoms with Gasteiger partial charge < -0.3 is 9.64 Å². The van der Waals surface area contributed by atoms with Crippen LogP contribution in [0.3, 0.4) is 0 Å². The minimum atomic E-state index is -4.45. The quantitative estimate of drug-likeness (QED) is 0.734. The van der Waals surface area contributed by atoms with Crippen molar-refractivity contribution < 1.29 is 22.7 Å². The van der Waals surface area contributed by atoms with Gasteiger partial charge in [0.05, 0.1) is 5.56 Å². The second-order valence-electron chi connectivity index (χ2n) is 5.20. The third kappa shape index (κ3) is 4.50. The van der Waals surface area contributed by atoms with E-state index in [4.69, 9.17) is 4.74 Å². The molecule has 0 unspecified atom stereocenters. The second kappa shape index (κ2) is 7.25. The van der Waals surface area contributed by atoms with Gasteiger partial charge in [-0.15, -0.1) is 0 Å². The normalized spacial score (nSPS) is 11.2. The SMILES string of the molecule is Cc1cc(Br)ccc1N(C)C(=O)COc1cccc(C(F)(F)F)c1. The number of benzene rings is 2. The first-order valence-electron chi connectivity index (χ1n) is 7.01. The van der Waals surface area contributed by atoms with Crippen LogP contribution in [0.15, 0.2) is 46.9 Å². The Hall–Kier alpha value is -2.02. The van der Waals surface area contributed by atoms with E-state index in [-0.39, 0.29) is 18.3 Å². The molecule has 0 N–H and O–H groups in total. The number of rotatable bonds is 4. The fourth-order valence-electron chi connectivity index (χ4n) is 2.13. The van der Waals surface area contributed by atoms with Crippen molar-refractivity contribution in [2.75, 3.05) is 18.6 Å². The molecule has 0 spiro atoms. The van der Waals surface area contributed by atoms with E-state index in [1.54, 1.807) is 19.2 Å². The zero-order valence-electron chi connectivity index (χ0n) is 13.0. The van der Waals surface area contributed by atoms with Crippen LogP contribution in [0.4, 0.5) is 18.9 Å². The van der Waals surface area contributed by atoms with Crippen molar-refractivity contribution in [3.63, 3.8) is 0 Å². The van der Waals surface area contributed by atoms with Gasteiger partial charge in [0.15, 0.2) is 6.61 Å². The molecule has 2 rings (SSSR count). The second-order valence-corrected chi connectivity index (χ2v) is 6.11. The molecule has 0 aliphatic heterocycles. The molecule has 0 saturated heterocycles. The fraction of sp³-hybridized carbons (Fsp3) is 0.235. The maximum Gasteiger partial charge on any atom is 0.416 e. The molecule has 0 atom stereocenters. The van der Waals surface area contributed by atoms with E-state index in [1.165, 1.54) is 17.0 Å². The molecule has 1 amide bonds. The van der Waals surface area contributed by atoms with Gasteiger partial charge in [-0.25, -0.2) is 0 Å². The highest BCUT2D eigenvalue weighted by atomic mass is 79.9. The Labute approximate surface area is 146 Å². The zero-order valence-corrected chi connectivity index (χ0v) is 14.6. The lowest BCUT2D eigenvalue weighted by Gasteiger charge is -2.20. The highest BCUT2D eigenvalue weighted by Crippen LogP contribution is 2.31. The van der Waals surface area contributed by atoms with Crippen LogP contribution in [0.2, 0.25) is 0 Å². The van der Waals surface area contributed by atoms with Gasteiger partial charge in [0, 0.05) is 17.2 Å². The summed E-state index contributed by atoms with van der Waals surface area (Å²) >= 11 is 3.35. The predicted molar refractivity (Wildman–Crippen MR) is 89.2 cm³/mol. The van der Waals surface area contributed by atoms with Gasteiger partial charge in [-0.1, -0.05) is 22.0 Å². The van der Waals surface area contributed by atoms with E-state index in [0.29, 0.717) is 5.69 Å². The van der Waals surface area contributed by atoms with Gasteiger partial charge in [0.1, 0.15) is 5.75 Å². The topological polar surface area (TPSA) is 29.5 Å². The van der Waals surface area contributed by atoms with Crippen molar-refractivity contribution in [3.8, 4) is 5.75 Å². The summed E-state index contributed by atoms with van der Waals surface area (Å²) in [5, 5.41) is 0. The molecule has 0 aromatic heterocycles. The molecule has 7 heteroatoms. The highest BCUT2D eigenvalue weighted by Gasteiger charge is 2.30. The van der Waals surface area contributed by atoms with Gasteiger partial charge in [-0.2, -0.15) is 13.2 Å². The first kappa shape index (κ1) is 18.3. The number of nitrogens with zero attached hydrogens (tertiary/aromatic N) is 1. The Morgan fingerprint density at radius 1 is 1.21 bits per heavy atom. The molecule has 0 fully saturated rings. The molecule has 0 heterocycles. The third-order valence-corrected chi connectivity index (χ3v) is 3.91. The Morgan fingerprint density at radius 2 is 1.92 bits per heavy atom. The minimum Gasteiger partial charge on any atom is -0.484 e. The first-order valence-corrected chi connectivity index (χ1v) is 7.80. The molecule has 0 aliphatic carbocycles. The van der Waals surface area contributed by atoms with E-state index in [1.807, 2.05) is 13.0 Å². The molecule has 2 aromatic rings. The molecule has 0 saturated carbocycles. The summed E-state index contributed by atoms with van der Waals surface area (Å²) in [6.07, 6.45) is -4.45. The monoisotopic (exact) mass is 401 g/mol. The molecule has 24 heavy (non-hydrogen) atoms. The molecule has 0 bridgehead atoms. The summed E-state index contributed by atoms with van der Waals surface area (Å²) in [6.45, 7) is 1.50. The number of likely N-dealkylation sites (N-methyl/N-ethyl adjacent to an activating group) is 1. The summed E-state index contributed by atoms with van der Waals surface area (Å²) < 4.78 is 44.1. The summed E-state index contributed by atoms with van der Waals surface area (Å²) in [7, 11) is 1.59. The van der Waals surface area contributed by atoms with Gasteiger partial charge in [0.2, 0.25) is 0 Å². The van der Waals surface area contributed by atoms with Crippen LogP contribution >= 0.6 is 15.9 Å². The molecular formula is C17H15BrF3NO2. The Bertz CT molecular complexity index is 747. The van der Waals surface area contributed by atoms with Crippen LogP contribution < -0.4 is 9.64 Å². The number of ether oxygens (including phenoxy) is 1. The lowest BCUT2D eigenvalue weighted by molar-refractivity contribution is -0.137. The standard InChI is InChI=1S/C17H15BrF3NO2/c1-11-8-13(18)6-7-15(11)22(2)16(23)10-24-14-5-3-4-12(9-14)17(19,20)21/h3-9H,10H2,1-2H3. The van der Waals surface area contributed by atoms with Crippen LogP contribution in [0, 0.1) is 6.92 Å². The van der Waals surface area contributed by atoms with E-state index >= 15 is 0 Å². The fourth-order valence-corrected chi connectivity index (χ4v) is 2.61. The number of carbonyl (C=O) groups excluding carboxylic acids is 1. The van der Waals surface area contributed by atoms with E-state index in [9.17, 15) is 18.0 Å². The number of hydrogen-bond acceptors (Lipinski definition) is 2. The van der Waals surface area contributed by atoms with Crippen molar-refractivity contribution in [3.05, 3.63) is 58.1 Å². The summed E-state index contributed by atoms with van der Waals surface area (Å²) in [6, 6.07) is 9.90. The Kier molecular flexibility index (Phi) is 5.54. The molecule has 0 radical (unpaired) electrons. The molecule has 3 nitrogen and oxygen atoms in total.